The lowest BCUT2D eigenvalue weighted by atomic mass is 9.97. The van der Waals surface area contributed by atoms with Crippen LogP contribution in [0.2, 0.25) is 0 Å². The first-order chi connectivity index (χ1) is 9.70. The molecule has 0 aliphatic rings. The maximum absolute atomic E-state index is 6.37. The molecule has 0 amide bonds. The zero-order chi connectivity index (χ0) is 14.4. The van der Waals surface area contributed by atoms with Crippen LogP contribution in [0.25, 0.3) is 0 Å². The fourth-order valence-corrected chi connectivity index (χ4v) is 2.55. The topological polar surface area (TPSA) is 35.2 Å². The zero-order valence-electron chi connectivity index (χ0n) is 11.6. The highest BCUT2D eigenvalue weighted by atomic mass is 79.9. The molecule has 0 heterocycles. The molecule has 2 nitrogen and oxygen atoms in total. The van der Waals surface area contributed by atoms with Crippen molar-refractivity contribution in [2.24, 2.45) is 5.73 Å². The van der Waals surface area contributed by atoms with Gasteiger partial charge in [-0.05, 0) is 36.6 Å². The molecule has 2 N–H and O–H groups in total. The molecule has 0 aliphatic carbocycles. The number of nitrogens with two attached hydrogens (primary N) is 1. The van der Waals surface area contributed by atoms with Crippen LogP contribution in [0.3, 0.4) is 0 Å². The first-order valence-corrected chi connectivity index (χ1v) is 7.66. The maximum Gasteiger partial charge on any atom is 0.0978 e. The van der Waals surface area contributed by atoms with Crippen molar-refractivity contribution in [1.29, 1.82) is 0 Å². The number of ether oxygens (including phenoxy) is 1. The molecule has 0 radical (unpaired) electrons. The zero-order valence-corrected chi connectivity index (χ0v) is 13.2. The van der Waals surface area contributed by atoms with E-state index in [0.717, 1.165) is 16.5 Å². The fourth-order valence-electron chi connectivity index (χ4n) is 2.29. The molecule has 0 saturated heterocycles. The van der Waals surface area contributed by atoms with E-state index in [1.54, 1.807) is 0 Å². The third-order valence-electron chi connectivity index (χ3n) is 3.25. The molecule has 0 aromatic heterocycles. The predicted molar refractivity (Wildman–Crippen MR) is 86.6 cm³/mol. The molecular weight excluding hydrogens is 314 g/mol. The van der Waals surface area contributed by atoms with E-state index in [-0.39, 0.29) is 12.1 Å². The van der Waals surface area contributed by atoms with Crippen LogP contribution in [-0.4, -0.2) is 12.6 Å². The Morgan fingerprint density at radius 2 is 1.70 bits per heavy atom. The van der Waals surface area contributed by atoms with Crippen LogP contribution in [0, 0.1) is 0 Å². The number of hydrogen-bond donors (Lipinski definition) is 1. The molecule has 0 saturated carbocycles. The van der Waals surface area contributed by atoms with Gasteiger partial charge in [0, 0.05) is 17.1 Å². The fraction of sp³-hybridized carbons (Fsp3) is 0.294. The Morgan fingerprint density at radius 1 is 1.05 bits per heavy atom. The number of halogens is 1. The first-order valence-electron chi connectivity index (χ1n) is 6.87. The van der Waals surface area contributed by atoms with Crippen molar-refractivity contribution in [3.8, 4) is 0 Å². The molecule has 3 heteroatoms. The number of hydrogen-bond acceptors (Lipinski definition) is 2. The van der Waals surface area contributed by atoms with Crippen molar-refractivity contribution in [3.63, 3.8) is 0 Å². The van der Waals surface area contributed by atoms with Crippen LogP contribution in [0.5, 0.6) is 0 Å². The Kier molecular flexibility index (Phi) is 5.77. The van der Waals surface area contributed by atoms with E-state index in [1.807, 2.05) is 37.3 Å². The summed E-state index contributed by atoms with van der Waals surface area (Å²) in [6.07, 6.45) is 0.733. The van der Waals surface area contributed by atoms with E-state index < -0.39 is 0 Å². The van der Waals surface area contributed by atoms with Gasteiger partial charge < -0.3 is 10.5 Å². The van der Waals surface area contributed by atoms with E-state index in [2.05, 4.69) is 40.2 Å². The third kappa shape index (κ3) is 4.17. The highest BCUT2D eigenvalue weighted by Crippen LogP contribution is 2.23. The first kappa shape index (κ1) is 15.2. The minimum atomic E-state index is -0.0650. The van der Waals surface area contributed by atoms with Crippen molar-refractivity contribution in [1.82, 2.24) is 0 Å². The maximum atomic E-state index is 6.37. The van der Waals surface area contributed by atoms with Gasteiger partial charge >= 0.3 is 0 Å². The number of benzene rings is 2. The van der Waals surface area contributed by atoms with Crippen LogP contribution >= 0.6 is 15.9 Å². The van der Waals surface area contributed by atoms with Gasteiger partial charge in [-0.2, -0.15) is 0 Å². The Balaban J connectivity index is 2.11. The number of rotatable bonds is 6. The van der Waals surface area contributed by atoms with Gasteiger partial charge in [-0.3, -0.25) is 0 Å². The summed E-state index contributed by atoms with van der Waals surface area (Å²) in [5, 5.41) is 0. The average molecular weight is 334 g/mol. The molecule has 0 fully saturated rings. The van der Waals surface area contributed by atoms with E-state index >= 15 is 0 Å². The standard InChI is InChI=1S/C17H20BrNO/c1-2-20-17(14-6-4-3-5-7-14)16(19)12-13-8-10-15(18)11-9-13/h3-11,16-17H,2,12,19H2,1H3. The molecule has 2 rings (SSSR count). The monoisotopic (exact) mass is 333 g/mol. The quantitative estimate of drug-likeness (QED) is 0.863. The van der Waals surface area contributed by atoms with Crippen molar-refractivity contribution >= 4 is 15.9 Å². The summed E-state index contributed by atoms with van der Waals surface area (Å²) in [5.74, 6) is 0. The lowest BCUT2D eigenvalue weighted by Crippen LogP contribution is -2.32. The molecule has 2 aromatic carbocycles. The van der Waals surface area contributed by atoms with Crippen molar-refractivity contribution in [3.05, 3.63) is 70.2 Å². The van der Waals surface area contributed by atoms with Crippen molar-refractivity contribution in [2.45, 2.75) is 25.5 Å². The molecule has 2 aromatic rings. The van der Waals surface area contributed by atoms with Gasteiger partial charge in [0.25, 0.3) is 0 Å². The lowest BCUT2D eigenvalue weighted by molar-refractivity contribution is 0.0433. The summed E-state index contributed by atoms with van der Waals surface area (Å²) < 4.78 is 6.93. The molecule has 2 unspecified atom stereocenters. The summed E-state index contributed by atoms with van der Waals surface area (Å²) in [4.78, 5) is 0. The van der Waals surface area contributed by atoms with E-state index in [4.69, 9.17) is 10.5 Å². The van der Waals surface area contributed by atoms with Gasteiger partial charge in [-0.1, -0.05) is 58.4 Å². The summed E-state index contributed by atoms with van der Waals surface area (Å²) in [6.45, 7) is 2.66. The Morgan fingerprint density at radius 3 is 2.30 bits per heavy atom. The van der Waals surface area contributed by atoms with Crippen LogP contribution in [0.4, 0.5) is 0 Å². The highest BCUT2D eigenvalue weighted by Gasteiger charge is 2.20. The molecule has 0 bridgehead atoms. The molecule has 0 spiro atoms. The second kappa shape index (κ2) is 7.58. The summed E-state index contributed by atoms with van der Waals surface area (Å²) in [7, 11) is 0. The van der Waals surface area contributed by atoms with Crippen molar-refractivity contribution < 1.29 is 4.74 Å². The second-order valence-corrected chi connectivity index (χ2v) is 5.70. The minimum absolute atomic E-state index is 0.0569. The highest BCUT2D eigenvalue weighted by molar-refractivity contribution is 9.10. The van der Waals surface area contributed by atoms with Crippen LogP contribution < -0.4 is 5.73 Å². The van der Waals surface area contributed by atoms with E-state index in [0.29, 0.717) is 6.61 Å². The summed E-state index contributed by atoms with van der Waals surface area (Å²) in [5.41, 5.74) is 8.73. The molecular formula is C17H20BrNO. The van der Waals surface area contributed by atoms with Crippen LogP contribution in [0.15, 0.2) is 59.1 Å². The smallest absolute Gasteiger partial charge is 0.0978 e. The summed E-state index contributed by atoms with van der Waals surface area (Å²) >= 11 is 3.45. The van der Waals surface area contributed by atoms with E-state index in [1.165, 1.54) is 5.56 Å². The van der Waals surface area contributed by atoms with Crippen molar-refractivity contribution in [2.75, 3.05) is 6.61 Å². The normalized spacial score (nSPS) is 13.9. The Labute approximate surface area is 129 Å². The Bertz CT molecular complexity index is 512. The predicted octanol–water partition coefficient (Wildman–Crippen LogP) is 4.10. The van der Waals surface area contributed by atoms with E-state index in [9.17, 15) is 0 Å². The van der Waals surface area contributed by atoms with Gasteiger partial charge in [0.15, 0.2) is 0 Å². The van der Waals surface area contributed by atoms with Gasteiger partial charge in [0.1, 0.15) is 0 Å². The summed E-state index contributed by atoms with van der Waals surface area (Å²) in [6, 6.07) is 18.4. The van der Waals surface area contributed by atoms with Gasteiger partial charge in [0.2, 0.25) is 0 Å². The second-order valence-electron chi connectivity index (χ2n) is 4.78. The third-order valence-corrected chi connectivity index (χ3v) is 3.78. The van der Waals surface area contributed by atoms with Gasteiger partial charge in [0.05, 0.1) is 6.10 Å². The molecule has 0 aliphatic heterocycles. The molecule has 2 atom stereocenters. The van der Waals surface area contributed by atoms with Crippen LogP contribution in [-0.2, 0) is 11.2 Å². The largest absolute Gasteiger partial charge is 0.372 e. The lowest BCUT2D eigenvalue weighted by Gasteiger charge is -2.24. The molecule has 20 heavy (non-hydrogen) atoms. The van der Waals surface area contributed by atoms with Crippen LogP contribution in [0.1, 0.15) is 24.2 Å². The SMILES string of the molecule is CCOC(c1ccccc1)C(N)Cc1ccc(Br)cc1. The Hall–Kier alpha value is -1.16. The average Bonchev–Trinajstić information content (AvgIpc) is 2.48. The molecule has 106 valence electrons. The van der Waals surface area contributed by atoms with Gasteiger partial charge in [-0.25, -0.2) is 0 Å². The van der Waals surface area contributed by atoms with Gasteiger partial charge in [-0.15, -0.1) is 0 Å². The minimum Gasteiger partial charge on any atom is -0.372 e.